The highest BCUT2D eigenvalue weighted by atomic mass is 16.6. The van der Waals surface area contributed by atoms with Crippen LogP contribution in [0.2, 0.25) is 0 Å². The van der Waals surface area contributed by atoms with E-state index in [2.05, 4.69) is 15.5 Å². The predicted molar refractivity (Wildman–Crippen MR) is 93.7 cm³/mol. The van der Waals surface area contributed by atoms with Gasteiger partial charge >= 0.3 is 6.09 Å². The Morgan fingerprint density at radius 1 is 1.20 bits per heavy atom. The number of nitrogens with one attached hydrogen (secondary N) is 1. The van der Waals surface area contributed by atoms with Gasteiger partial charge in [-0.25, -0.2) is 4.79 Å². The van der Waals surface area contributed by atoms with Crippen LogP contribution in [0.4, 0.5) is 10.6 Å². The maximum Gasteiger partial charge on any atom is 0.409 e. The fourth-order valence-electron chi connectivity index (χ4n) is 2.43. The van der Waals surface area contributed by atoms with Crippen molar-refractivity contribution < 1.29 is 14.3 Å². The fourth-order valence-corrected chi connectivity index (χ4v) is 2.43. The molecule has 1 aliphatic heterocycles. The zero-order valence-corrected chi connectivity index (χ0v) is 15.1. The number of likely N-dealkylation sites (N-methyl/N-ethyl adjacent to an activating group) is 1. The minimum absolute atomic E-state index is 0.229. The van der Waals surface area contributed by atoms with E-state index in [1.165, 1.54) is 0 Å². The number of carbonyl (C=O) groups excluding carboxylic acids is 2. The van der Waals surface area contributed by atoms with Crippen molar-refractivity contribution in [1.82, 2.24) is 25.3 Å². The molecule has 0 bridgehead atoms. The van der Waals surface area contributed by atoms with E-state index < -0.39 is 0 Å². The molecule has 9 heteroatoms. The average molecular weight is 350 g/mol. The molecule has 2 amide bonds. The summed E-state index contributed by atoms with van der Waals surface area (Å²) < 4.78 is 5.00. The summed E-state index contributed by atoms with van der Waals surface area (Å²) in [4.78, 5) is 29.4. The van der Waals surface area contributed by atoms with Crippen molar-refractivity contribution in [1.29, 1.82) is 0 Å². The maximum atomic E-state index is 12.0. The van der Waals surface area contributed by atoms with Gasteiger partial charge in [0.15, 0.2) is 11.5 Å². The van der Waals surface area contributed by atoms with Crippen molar-refractivity contribution in [3.8, 4) is 0 Å². The number of hydrogen-bond donors (Lipinski definition) is 1. The molecule has 0 aromatic carbocycles. The minimum Gasteiger partial charge on any atom is -0.450 e. The Morgan fingerprint density at radius 2 is 1.92 bits per heavy atom. The topological polar surface area (TPSA) is 90.9 Å². The van der Waals surface area contributed by atoms with Gasteiger partial charge in [-0.3, -0.25) is 4.79 Å². The van der Waals surface area contributed by atoms with Gasteiger partial charge in [-0.2, -0.15) is 0 Å². The molecule has 9 nitrogen and oxygen atoms in total. The molecule has 1 saturated heterocycles. The third-order valence-corrected chi connectivity index (χ3v) is 3.86. The van der Waals surface area contributed by atoms with Crippen LogP contribution in [0.1, 0.15) is 17.4 Å². The second-order valence-electron chi connectivity index (χ2n) is 6.01. The molecule has 1 fully saturated rings. The minimum atomic E-state index is -0.280. The van der Waals surface area contributed by atoms with Crippen LogP contribution >= 0.6 is 0 Å². The lowest BCUT2D eigenvalue weighted by Crippen LogP contribution is -2.49. The fraction of sp³-hybridized carbons (Fsp3) is 0.625. The summed E-state index contributed by atoms with van der Waals surface area (Å²) in [6.07, 6.45) is -0.280. The first-order chi connectivity index (χ1) is 12.0. The number of piperazine rings is 1. The van der Waals surface area contributed by atoms with Gasteiger partial charge in [0.25, 0.3) is 5.91 Å². The number of rotatable bonds is 6. The van der Waals surface area contributed by atoms with Crippen LogP contribution in [0.3, 0.4) is 0 Å². The van der Waals surface area contributed by atoms with Crippen molar-refractivity contribution in [3.63, 3.8) is 0 Å². The third-order valence-electron chi connectivity index (χ3n) is 3.86. The molecular weight excluding hydrogens is 324 g/mol. The van der Waals surface area contributed by atoms with Gasteiger partial charge in [0.1, 0.15) is 0 Å². The molecule has 0 spiro atoms. The summed E-state index contributed by atoms with van der Waals surface area (Å²) >= 11 is 0. The smallest absolute Gasteiger partial charge is 0.409 e. The molecule has 1 N–H and O–H groups in total. The van der Waals surface area contributed by atoms with Crippen molar-refractivity contribution in [2.24, 2.45) is 0 Å². The van der Waals surface area contributed by atoms with Gasteiger partial charge in [-0.1, -0.05) is 0 Å². The van der Waals surface area contributed by atoms with Gasteiger partial charge < -0.3 is 24.8 Å². The molecule has 0 unspecified atom stereocenters. The van der Waals surface area contributed by atoms with Crippen molar-refractivity contribution in [2.75, 3.05) is 64.9 Å². The molecule has 0 saturated carbocycles. The lowest BCUT2D eigenvalue weighted by molar-refractivity contribution is 0.0944. The highest BCUT2D eigenvalue weighted by Gasteiger charge is 2.23. The SMILES string of the molecule is CCOC(=O)N1CCN(c2ccc(C(=O)NCCN(C)C)nn2)CC1. The maximum absolute atomic E-state index is 12.0. The first-order valence-corrected chi connectivity index (χ1v) is 8.44. The standard InChI is InChI=1S/C16H26N6O3/c1-4-25-16(24)22-11-9-21(10-12-22)14-6-5-13(18-19-14)15(23)17-7-8-20(2)3/h5-6H,4,7-12H2,1-3H3,(H,17,23). The van der Waals surface area contributed by atoms with Gasteiger partial charge in [-0.05, 0) is 33.2 Å². The van der Waals surface area contributed by atoms with Crippen LogP contribution < -0.4 is 10.2 Å². The van der Waals surface area contributed by atoms with E-state index in [9.17, 15) is 9.59 Å². The monoisotopic (exact) mass is 350 g/mol. The Morgan fingerprint density at radius 3 is 2.48 bits per heavy atom. The van der Waals surface area contributed by atoms with Crippen molar-refractivity contribution >= 4 is 17.8 Å². The zero-order valence-electron chi connectivity index (χ0n) is 15.1. The summed E-state index contributed by atoms with van der Waals surface area (Å²) in [5.41, 5.74) is 0.299. The van der Waals surface area contributed by atoms with Crippen molar-refractivity contribution in [3.05, 3.63) is 17.8 Å². The Bertz CT molecular complexity index is 570. The number of amides is 2. The molecule has 1 aliphatic rings. The van der Waals surface area contributed by atoms with E-state index in [0.29, 0.717) is 50.8 Å². The van der Waals surface area contributed by atoms with Gasteiger partial charge in [0.2, 0.25) is 0 Å². The molecule has 138 valence electrons. The summed E-state index contributed by atoms with van der Waals surface area (Å²) in [7, 11) is 3.89. The van der Waals surface area contributed by atoms with E-state index >= 15 is 0 Å². The number of ether oxygens (including phenoxy) is 1. The Kier molecular flexibility index (Phi) is 6.93. The van der Waals surface area contributed by atoms with Crippen LogP contribution in [0.25, 0.3) is 0 Å². The lowest BCUT2D eigenvalue weighted by atomic mass is 10.3. The van der Waals surface area contributed by atoms with E-state index in [1.807, 2.05) is 23.9 Å². The molecular formula is C16H26N6O3. The molecule has 0 aliphatic carbocycles. The second kappa shape index (κ2) is 9.16. The van der Waals surface area contributed by atoms with Gasteiger partial charge in [-0.15, -0.1) is 10.2 Å². The van der Waals surface area contributed by atoms with Gasteiger partial charge in [0, 0.05) is 39.3 Å². The normalized spacial score (nSPS) is 14.6. The van der Waals surface area contributed by atoms with E-state index in [-0.39, 0.29) is 12.0 Å². The molecule has 2 rings (SSSR count). The summed E-state index contributed by atoms with van der Waals surface area (Å²) in [6, 6.07) is 3.46. The first kappa shape index (κ1) is 18.9. The molecule has 0 atom stereocenters. The predicted octanol–water partition coefficient (Wildman–Crippen LogP) is 0.0465. The Hall–Kier alpha value is -2.42. The highest BCUT2D eigenvalue weighted by Crippen LogP contribution is 2.13. The van der Waals surface area contributed by atoms with E-state index in [4.69, 9.17) is 4.74 Å². The second-order valence-corrected chi connectivity index (χ2v) is 6.01. The lowest BCUT2D eigenvalue weighted by Gasteiger charge is -2.34. The highest BCUT2D eigenvalue weighted by molar-refractivity contribution is 5.92. The van der Waals surface area contributed by atoms with Crippen molar-refractivity contribution in [2.45, 2.75) is 6.92 Å². The average Bonchev–Trinajstić information content (AvgIpc) is 2.62. The van der Waals surface area contributed by atoms with E-state index in [1.54, 1.807) is 24.0 Å². The number of anilines is 1. The summed E-state index contributed by atoms with van der Waals surface area (Å²) in [5.74, 6) is 0.474. The number of aromatic nitrogens is 2. The number of nitrogens with zero attached hydrogens (tertiary/aromatic N) is 5. The van der Waals surface area contributed by atoms with E-state index in [0.717, 1.165) is 6.54 Å². The number of carbonyl (C=O) groups is 2. The van der Waals surface area contributed by atoms with Gasteiger partial charge in [0.05, 0.1) is 6.61 Å². The quantitative estimate of drug-likeness (QED) is 0.775. The first-order valence-electron chi connectivity index (χ1n) is 8.44. The molecule has 0 radical (unpaired) electrons. The third kappa shape index (κ3) is 5.56. The summed E-state index contributed by atoms with van der Waals surface area (Å²) in [6.45, 7) is 5.96. The molecule has 2 heterocycles. The van der Waals surface area contributed by atoms with Crippen LogP contribution in [0.5, 0.6) is 0 Å². The van der Waals surface area contributed by atoms with Crippen LogP contribution in [-0.4, -0.2) is 92.0 Å². The largest absolute Gasteiger partial charge is 0.450 e. The molecule has 1 aromatic heterocycles. The Balaban J connectivity index is 1.84. The molecule has 1 aromatic rings. The number of hydrogen-bond acceptors (Lipinski definition) is 7. The van der Waals surface area contributed by atoms with Crippen LogP contribution in [0.15, 0.2) is 12.1 Å². The Labute approximate surface area is 147 Å². The van der Waals surface area contributed by atoms with Crippen LogP contribution in [0, 0.1) is 0 Å². The van der Waals surface area contributed by atoms with Crippen LogP contribution in [-0.2, 0) is 4.74 Å². The zero-order chi connectivity index (χ0) is 18.2. The molecule has 25 heavy (non-hydrogen) atoms. The summed E-state index contributed by atoms with van der Waals surface area (Å²) in [5, 5.41) is 11.0.